The summed E-state index contributed by atoms with van der Waals surface area (Å²) < 4.78 is 13.2. The Morgan fingerprint density at radius 2 is 2.12 bits per heavy atom. The van der Waals surface area contributed by atoms with Gasteiger partial charge in [0, 0.05) is 18.0 Å². The molecule has 1 aromatic rings. The van der Waals surface area contributed by atoms with Crippen LogP contribution < -0.4 is 5.32 Å². The minimum Gasteiger partial charge on any atom is -0.352 e. The van der Waals surface area contributed by atoms with Crippen LogP contribution in [0, 0.1) is 11.7 Å². The van der Waals surface area contributed by atoms with Crippen molar-refractivity contribution in [3.05, 3.63) is 35.6 Å². The Morgan fingerprint density at radius 1 is 1.44 bits per heavy atom. The van der Waals surface area contributed by atoms with Crippen LogP contribution in [0.4, 0.5) is 4.39 Å². The van der Waals surface area contributed by atoms with Crippen molar-refractivity contribution in [3.8, 4) is 0 Å². The lowest BCUT2D eigenvalue weighted by Crippen LogP contribution is -2.28. The Kier molecular flexibility index (Phi) is 4.96. The molecule has 0 spiro atoms. The van der Waals surface area contributed by atoms with Gasteiger partial charge in [0.05, 0.1) is 0 Å². The van der Waals surface area contributed by atoms with Crippen molar-refractivity contribution >= 4 is 5.91 Å². The third-order valence-electron chi connectivity index (χ3n) is 2.58. The highest BCUT2D eigenvalue weighted by molar-refractivity contribution is 5.78. The van der Waals surface area contributed by atoms with Crippen LogP contribution in [-0.4, -0.2) is 5.91 Å². The van der Waals surface area contributed by atoms with Crippen molar-refractivity contribution in [1.82, 2.24) is 5.32 Å². The summed E-state index contributed by atoms with van der Waals surface area (Å²) in [5, 5.41) is 2.75. The number of nitrogens with one attached hydrogen (secondary N) is 1. The van der Waals surface area contributed by atoms with Crippen molar-refractivity contribution in [3.63, 3.8) is 0 Å². The largest absolute Gasteiger partial charge is 0.352 e. The summed E-state index contributed by atoms with van der Waals surface area (Å²) in [6, 6.07) is 6.48. The molecule has 0 bridgehead atoms. The number of amides is 1. The van der Waals surface area contributed by atoms with Crippen LogP contribution in [0.5, 0.6) is 0 Å². The highest BCUT2D eigenvalue weighted by atomic mass is 19.1. The van der Waals surface area contributed by atoms with Gasteiger partial charge in [0.25, 0.3) is 0 Å². The third kappa shape index (κ3) is 3.65. The lowest BCUT2D eigenvalue weighted by molar-refractivity contribution is -0.124. The standard InChI is InChI=1S/C13H18FNO/c1-3-6-10(2)13(16)15-9-11-7-4-5-8-12(11)14/h4-5,7-8,10H,3,6,9H2,1-2H3,(H,15,16)/t10-/m1/s1. The van der Waals surface area contributed by atoms with E-state index in [1.807, 2.05) is 13.8 Å². The van der Waals surface area contributed by atoms with Gasteiger partial charge in [0.15, 0.2) is 0 Å². The second-order valence-corrected chi connectivity index (χ2v) is 4.00. The first-order valence-electron chi connectivity index (χ1n) is 5.66. The number of carbonyl (C=O) groups is 1. The molecule has 0 aliphatic rings. The highest BCUT2D eigenvalue weighted by Gasteiger charge is 2.11. The molecule has 2 nitrogen and oxygen atoms in total. The summed E-state index contributed by atoms with van der Waals surface area (Å²) in [5.41, 5.74) is 0.527. The van der Waals surface area contributed by atoms with Gasteiger partial charge in [-0.1, -0.05) is 38.5 Å². The highest BCUT2D eigenvalue weighted by Crippen LogP contribution is 2.08. The van der Waals surface area contributed by atoms with Crippen LogP contribution in [0.3, 0.4) is 0 Å². The molecule has 0 fully saturated rings. The van der Waals surface area contributed by atoms with E-state index in [-0.39, 0.29) is 24.2 Å². The van der Waals surface area contributed by atoms with E-state index in [1.54, 1.807) is 18.2 Å². The average molecular weight is 223 g/mol. The molecule has 0 saturated heterocycles. The third-order valence-corrected chi connectivity index (χ3v) is 2.58. The van der Waals surface area contributed by atoms with Crippen LogP contribution in [-0.2, 0) is 11.3 Å². The molecule has 1 amide bonds. The van der Waals surface area contributed by atoms with E-state index in [2.05, 4.69) is 5.32 Å². The Balaban J connectivity index is 2.46. The smallest absolute Gasteiger partial charge is 0.223 e. The first-order valence-corrected chi connectivity index (χ1v) is 5.66. The van der Waals surface area contributed by atoms with Gasteiger partial charge < -0.3 is 5.32 Å². The molecule has 0 heterocycles. The Bertz CT molecular complexity index is 352. The maximum absolute atomic E-state index is 13.2. The number of rotatable bonds is 5. The fourth-order valence-electron chi connectivity index (χ4n) is 1.56. The second-order valence-electron chi connectivity index (χ2n) is 4.00. The molecule has 0 radical (unpaired) electrons. The van der Waals surface area contributed by atoms with Crippen molar-refractivity contribution < 1.29 is 9.18 Å². The van der Waals surface area contributed by atoms with Gasteiger partial charge in [-0.2, -0.15) is 0 Å². The summed E-state index contributed by atoms with van der Waals surface area (Å²) in [6.45, 7) is 4.19. The molecular formula is C13H18FNO. The SMILES string of the molecule is CCC[C@@H](C)C(=O)NCc1ccccc1F. The fraction of sp³-hybridized carbons (Fsp3) is 0.462. The lowest BCUT2D eigenvalue weighted by atomic mass is 10.1. The first-order chi connectivity index (χ1) is 7.65. The Hall–Kier alpha value is -1.38. The van der Waals surface area contributed by atoms with E-state index < -0.39 is 0 Å². The summed E-state index contributed by atoms with van der Waals surface area (Å²) in [6.07, 6.45) is 1.84. The van der Waals surface area contributed by atoms with Gasteiger partial charge in [0.2, 0.25) is 5.91 Å². The zero-order valence-electron chi connectivity index (χ0n) is 9.79. The number of benzene rings is 1. The molecule has 88 valence electrons. The van der Waals surface area contributed by atoms with Crippen molar-refractivity contribution in [1.29, 1.82) is 0 Å². The van der Waals surface area contributed by atoms with Gasteiger partial charge in [-0.05, 0) is 12.5 Å². The topological polar surface area (TPSA) is 29.1 Å². The number of hydrogen-bond acceptors (Lipinski definition) is 1. The molecule has 0 aliphatic heterocycles. The van der Waals surface area contributed by atoms with Crippen LogP contribution in [0.25, 0.3) is 0 Å². The van der Waals surface area contributed by atoms with Crippen molar-refractivity contribution in [2.45, 2.75) is 33.2 Å². The summed E-state index contributed by atoms with van der Waals surface area (Å²) >= 11 is 0. The van der Waals surface area contributed by atoms with E-state index in [4.69, 9.17) is 0 Å². The molecule has 1 atom stereocenters. The van der Waals surface area contributed by atoms with E-state index >= 15 is 0 Å². The minimum absolute atomic E-state index is 0.00299. The van der Waals surface area contributed by atoms with E-state index in [1.165, 1.54) is 6.07 Å². The van der Waals surface area contributed by atoms with Crippen LogP contribution in [0.15, 0.2) is 24.3 Å². The van der Waals surface area contributed by atoms with E-state index in [0.717, 1.165) is 12.8 Å². The second kappa shape index (κ2) is 6.26. The predicted octanol–water partition coefficient (Wildman–Crippen LogP) is 2.88. The molecule has 1 aromatic carbocycles. The molecule has 1 N–H and O–H groups in total. The van der Waals surface area contributed by atoms with Crippen LogP contribution in [0.2, 0.25) is 0 Å². The maximum atomic E-state index is 13.2. The number of hydrogen-bond donors (Lipinski definition) is 1. The number of carbonyl (C=O) groups excluding carboxylic acids is 1. The number of halogens is 1. The molecule has 0 unspecified atom stereocenters. The normalized spacial score (nSPS) is 12.2. The zero-order valence-corrected chi connectivity index (χ0v) is 9.79. The Morgan fingerprint density at radius 3 is 2.75 bits per heavy atom. The van der Waals surface area contributed by atoms with Gasteiger partial charge in [-0.15, -0.1) is 0 Å². The van der Waals surface area contributed by atoms with E-state index in [9.17, 15) is 9.18 Å². The zero-order chi connectivity index (χ0) is 12.0. The molecule has 0 aromatic heterocycles. The van der Waals surface area contributed by atoms with Gasteiger partial charge >= 0.3 is 0 Å². The molecule has 16 heavy (non-hydrogen) atoms. The van der Waals surface area contributed by atoms with E-state index in [0.29, 0.717) is 5.56 Å². The van der Waals surface area contributed by atoms with Crippen molar-refractivity contribution in [2.24, 2.45) is 5.92 Å². The van der Waals surface area contributed by atoms with Gasteiger partial charge in [-0.3, -0.25) is 4.79 Å². The molecular weight excluding hydrogens is 205 g/mol. The van der Waals surface area contributed by atoms with Crippen molar-refractivity contribution in [2.75, 3.05) is 0 Å². The maximum Gasteiger partial charge on any atom is 0.223 e. The summed E-state index contributed by atoms with van der Waals surface area (Å²) in [7, 11) is 0. The lowest BCUT2D eigenvalue weighted by Gasteiger charge is -2.11. The predicted molar refractivity (Wildman–Crippen MR) is 62.3 cm³/mol. The van der Waals surface area contributed by atoms with Gasteiger partial charge in [0.1, 0.15) is 5.82 Å². The monoisotopic (exact) mass is 223 g/mol. The fourth-order valence-corrected chi connectivity index (χ4v) is 1.56. The van der Waals surface area contributed by atoms with Crippen LogP contribution >= 0.6 is 0 Å². The molecule has 0 saturated carbocycles. The van der Waals surface area contributed by atoms with Crippen LogP contribution in [0.1, 0.15) is 32.3 Å². The molecule has 3 heteroatoms. The average Bonchev–Trinajstić information content (AvgIpc) is 2.28. The summed E-state index contributed by atoms with van der Waals surface area (Å²) in [4.78, 5) is 11.6. The quantitative estimate of drug-likeness (QED) is 0.817. The molecule has 0 aliphatic carbocycles. The van der Waals surface area contributed by atoms with Gasteiger partial charge in [-0.25, -0.2) is 4.39 Å². The first kappa shape index (κ1) is 12.7. The minimum atomic E-state index is -0.272. The Labute approximate surface area is 95.9 Å². The molecule has 1 rings (SSSR count). The summed E-state index contributed by atoms with van der Waals surface area (Å²) in [5.74, 6) is -0.284.